The second-order valence-corrected chi connectivity index (χ2v) is 6.67. The molecule has 0 spiro atoms. The molecule has 0 unspecified atom stereocenters. The fourth-order valence-corrected chi connectivity index (χ4v) is 4.21. The van der Waals surface area contributed by atoms with Gasteiger partial charge in [0.15, 0.2) is 0 Å². The molecule has 7 heteroatoms. The summed E-state index contributed by atoms with van der Waals surface area (Å²) in [5.41, 5.74) is 0.284. The van der Waals surface area contributed by atoms with Crippen molar-refractivity contribution < 1.29 is 19.4 Å². The van der Waals surface area contributed by atoms with E-state index in [2.05, 4.69) is 10.3 Å². The Morgan fingerprint density at radius 2 is 2.36 bits per heavy atom. The molecule has 0 radical (unpaired) electrons. The first kappa shape index (κ1) is 18.1. The topological polar surface area (TPSA) is 83.9 Å². The number of methoxy groups -OCH3 is 1. The number of likely N-dealkylation sites (tertiary alicyclic amines) is 1. The summed E-state index contributed by atoms with van der Waals surface area (Å²) in [6.45, 7) is 1.01. The zero-order valence-corrected chi connectivity index (χ0v) is 14.9. The number of carbonyl (C=O) groups is 1. The molecule has 1 amide bonds. The third-order valence-corrected chi connectivity index (χ3v) is 5.52. The smallest absolute Gasteiger partial charge is 0.257 e. The lowest BCUT2D eigenvalue weighted by atomic mass is 9.79. The Morgan fingerprint density at radius 1 is 1.52 bits per heavy atom. The molecule has 1 aliphatic heterocycles. The van der Waals surface area contributed by atoms with Gasteiger partial charge in [-0.3, -0.25) is 4.79 Å². The molecule has 1 aliphatic carbocycles. The van der Waals surface area contributed by atoms with Crippen LogP contribution in [0, 0.1) is 0 Å². The number of nitrogens with one attached hydrogen (secondary N) is 1. The minimum atomic E-state index is -0.295. The molecular formula is C18H27N3O4. The third kappa shape index (κ3) is 3.36. The highest BCUT2D eigenvalue weighted by molar-refractivity contribution is 5.99. The molecule has 0 bridgehead atoms. The number of rotatable bonds is 6. The van der Waals surface area contributed by atoms with Gasteiger partial charge in [0, 0.05) is 26.9 Å². The van der Waals surface area contributed by atoms with Crippen molar-refractivity contribution >= 4 is 11.7 Å². The summed E-state index contributed by atoms with van der Waals surface area (Å²) in [4.78, 5) is 19.3. The highest BCUT2D eigenvalue weighted by Crippen LogP contribution is 2.43. The lowest BCUT2D eigenvalue weighted by Gasteiger charge is -2.43. The SMILES string of the molecule is CNc1ncccc1C(=O)N1CC[C@]2(OC)CC[C@@H](OCCO)C[C@H]12. The zero-order valence-electron chi connectivity index (χ0n) is 14.9. The monoisotopic (exact) mass is 349 g/mol. The molecule has 7 nitrogen and oxygen atoms in total. The van der Waals surface area contributed by atoms with Gasteiger partial charge >= 0.3 is 0 Å². The quantitative estimate of drug-likeness (QED) is 0.805. The van der Waals surface area contributed by atoms with Gasteiger partial charge in [-0.15, -0.1) is 0 Å². The average molecular weight is 349 g/mol. The van der Waals surface area contributed by atoms with E-state index in [4.69, 9.17) is 14.6 Å². The minimum absolute atomic E-state index is 0.0143. The van der Waals surface area contributed by atoms with Crippen molar-refractivity contribution in [3.63, 3.8) is 0 Å². The van der Waals surface area contributed by atoms with Gasteiger partial charge in [-0.05, 0) is 37.8 Å². The van der Waals surface area contributed by atoms with E-state index in [1.807, 2.05) is 4.90 Å². The molecule has 0 aromatic carbocycles. The average Bonchev–Trinajstić information content (AvgIpc) is 3.05. The number of hydrogen-bond donors (Lipinski definition) is 2. The van der Waals surface area contributed by atoms with E-state index in [1.165, 1.54) is 0 Å². The summed E-state index contributed by atoms with van der Waals surface area (Å²) in [7, 11) is 3.50. The number of amides is 1. The first-order chi connectivity index (χ1) is 12.1. The Kier molecular flexibility index (Phi) is 5.56. The molecular weight excluding hydrogens is 322 g/mol. The zero-order chi connectivity index (χ0) is 17.9. The number of nitrogens with zero attached hydrogens (tertiary/aromatic N) is 2. The lowest BCUT2D eigenvalue weighted by molar-refractivity contribution is -0.0992. The van der Waals surface area contributed by atoms with Crippen LogP contribution in [0.2, 0.25) is 0 Å². The van der Waals surface area contributed by atoms with E-state index < -0.39 is 0 Å². The van der Waals surface area contributed by atoms with Crippen LogP contribution >= 0.6 is 0 Å². The van der Waals surface area contributed by atoms with Crippen LogP contribution in [0.5, 0.6) is 0 Å². The van der Waals surface area contributed by atoms with Gasteiger partial charge in [0.1, 0.15) is 5.82 Å². The summed E-state index contributed by atoms with van der Waals surface area (Å²) in [5, 5.41) is 12.0. The Balaban J connectivity index is 1.82. The van der Waals surface area contributed by atoms with Crippen LogP contribution < -0.4 is 5.32 Å². The standard InChI is InChI=1S/C18H27N3O4/c1-19-16-14(4-3-8-20-16)17(23)21-9-7-18(24-2)6-5-13(12-15(18)21)25-11-10-22/h3-4,8,13,15,22H,5-7,9-12H2,1-2H3,(H,19,20)/t13-,15+,18-/m1/s1. The molecule has 2 fully saturated rings. The lowest BCUT2D eigenvalue weighted by Crippen LogP contribution is -2.53. The van der Waals surface area contributed by atoms with Crippen LogP contribution in [0.3, 0.4) is 0 Å². The molecule has 2 aliphatic rings. The van der Waals surface area contributed by atoms with Crippen LogP contribution in [0.1, 0.15) is 36.0 Å². The van der Waals surface area contributed by atoms with Crippen LogP contribution in [-0.4, -0.2) is 72.6 Å². The van der Waals surface area contributed by atoms with Gasteiger partial charge in [0.25, 0.3) is 5.91 Å². The predicted octanol–water partition coefficient (Wildman–Crippen LogP) is 1.28. The number of ether oxygens (including phenoxy) is 2. The van der Waals surface area contributed by atoms with Crippen molar-refractivity contribution in [2.75, 3.05) is 39.2 Å². The third-order valence-electron chi connectivity index (χ3n) is 5.52. The Bertz CT molecular complexity index is 612. The maximum Gasteiger partial charge on any atom is 0.257 e. The fourth-order valence-electron chi connectivity index (χ4n) is 4.21. The van der Waals surface area contributed by atoms with Crippen LogP contribution in [0.4, 0.5) is 5.82 Å². The van der Waals surface area contributed by atoms with Crippen LogP contribution in [-0.2, 0) is 9.47 Å². The number of aliphatic hydroxyl groups is 1. The number of aromatic nitrogens is 1. The molecule has 2 heterocycles. The normalized spacial score (nSPS) is 28.7. The molecule has 1 saturated heterocycles. The molecule has 1 aromatic heterocycles. The van der Waals surface area contributed by atoms with Crippen molar-refractivity contribution in [1.82, 2.24) is 9.88 Å². The fraction of sp³-hybridized carbons (Fsp3) is 0.667. The number of aliphatic hydroxyl groups excluding tert-OH is 1. The molecule has 25 heavy (non-hydrogen) atoms. The Hall–Kier alpha value is -1.70. The largest absolute Gasteiger partial charge is 0.394 e. The van der Waals surface area contributed by atoms with Gasteiger partial charge in [-0.1, -0.05) is 0 Å². The van der Waals surface area contributed by atoms with Gasteiger partial charge in [0.2, 0.25) is 0 Å². The van der Waals surface area contributed by atoms with Gasteiger partial charge < -0.3 is 24.8 Å². The van der Waals surface area contributed by atoms with E-state index in [0.717, 1.165) is 25.7 Å². The van der Waals surface area contributed by atoms with Crippen molar-refractivity contribution in [3.8, 4) is 0 Å². The Morgan fingerprint density at radius 3 is 3.08 bits per heavy atom. The van der Waals surface area contributed by atoms with E-state index in [-0.39, 0.29) is 30.3 Å². The van der Waals surface area contributed by atoms with E-state index >= 15 is 0 Å². The number of fused-ring (bicyclic) bond motifs is 1. The summed E-state index contributed by atoms with van der Waals surface area (Å²) < 4.78 is 11.6. The maximum atomic E-state index is 13.2. The van der Waals surface area contributed by atoms with E-state index in [0.29, 0.717) is 24.5 Å². The number of hydrogen-bond acceptors (Lipinski definition) is 6. The highest BCUT2D eigenvalue weighted by Gasteiger charge is 2.53. The number of carbonyl (C=O) groups excluding carboxylic acids is 1. The summed E-state index contributed by atoms with van der Waals surface area (Å²) in [6.07, 6.45) is 5.04. The minimum Gasteiger partial charge on any atom is -0.394 e. The van der Waals surface area contributed by atoms with E-state index in [9.17, 15) is 4.79 Å². The molecule has 138 valence electrons. The van der Waals surface area contributed by atoms with Crippen molar-refractivity contribution in [2.24, 2.45) is 0 Å². The second-order valence-electron chi connectivity index (χ2n) is 6.67. The number of pyridine rings is 1. The summed E-state index contributed by atoms with van der Waals surface area (Å²) in [5.74, 6) is 0.565. The van der Waals surface area contributed by atoms with Gasteiger partial charge in [0.05, 0.1) is 36.5 Å². The number of anilines is 1. The molecule has 2 N–H and O–H groups in total. The van der Waals surface area contributed by atoms with Gasteiger partial charge in [-0.25, -0.2) is 4.98 Å². The second kappa shape index (κ2) is 7.68. The Labute approximate surface area is 148 Å². The molecule has 1 saturated carbocycles. The summed E-state index contributed by atoms with van der Waals surface area (Å²) in [6, 6.07) is 3.56. The first-order valence-electron chi connectivity index (χ1n) is 8.86. The predicted molar refractivity (Wildman–Crippen MR) is 93.6 cm³/mol. The van der Waals surface area contributed by atoms with E-state index in [1.54, 1.807) is 32.5 Å². The molecule has 1 aromatic rings. The summed E-state index contributed by atoms with van der Waals surface area (Å²) >= 11 is 0. The molecule has 3 atom stereocenters. The maximum absolute atomic E-state index is 13.2. The highest BCUT2D eigenvalue weighted by atomic mass is 16.5. The van der Waals surface area contributed by atoms with Crippen molar-refractivity contribution in [1.29, 1.82) is 0 Å². The van der Waals surface area contributed by atoms with Crippen LogP contribution in [0.15, 0.2) is 18.3 Å². The van der Waals surface area contributed by atoms with Gasteiger partial charge in [-0.2, -0.15) is 0 Å². The van der Waals surface area contributed by atoms with Crippen molar-refractivity contribution in [2.45, 2.75) is 43.4 Å². The first-order valence-corrected chi connectivity index (χ1v) is 8.86. The molecule has 3 rings (SSSR count). The van der Waals surface area contributed by atoms with Crippen LogP contribution in [0.25, 0.3) is 0 Å². The van der Waals surface area contributed by atoms with Crippen molar-refractivity contribution in [3.05, 3.63) is 23.9 Å².